The molecule has 0 spiro atoms. The average Bonchev–Trinajstić information content (AvgIpc) is 2.54. The van der Waals surface area contributed by atoms with Gasteiger partial charge in [-0.2, -0.15) is 4.39 Å². The van der Waals surface area contributed by atoms with E-state index in [0.29, 0.717) is 11.8 Å². The average molecular weight is 352 g/mol. The van der Waals surface area contributed by atoms with Gasteiger partial charge in [-0.3, -0.25) is 14.8 Å². The van der Waals surface area contributed by atoms with E-state index in [1.165, 1.54) is 0 Å². The number of aryl methyl sites for hydroxylation is 1. The summed E-state index contributed by atoms with van der Waals surface area (Å²) in [4.78, 5) is 9.40. The van der Waals surface area contributed by atoms with Crippen molar-refractivity contribution in [3.05, 3.63) is 64.0 Å². The standard InChI is InChI=1S/C16H17FN2O4S/c1-2-3-4-12-5-7-13(8-6-12)18-24(22,23)14-9-10-15(17)16(11-14)19(20)21/h5-11,18H,2-4H2,1H3. The van der Waals surface area contributed by atoms with Gasteiger partial charge in [-0.05, 0) is 42.7 Å². The number of nitro benzene ring substituents is 1. The molecule has 0 saturated heterocycles. The van der Waals surface area contributed by atoms with Crippen molar-refractivity contribution in [1.82, 2.24) is 0 Å². The second-order valence-corrected chi connectivity index (χ2v) is 6.96. The van der Waals surface area contributed by atoms with E-state index in [-0.39, 0.29) is 4.90 Å². The molecule has 0 heterocycles. The fraction of sp³-hybridized carbons (Fsp3) is 0.250. The van der Waals surface area contributed by atoms with Crippen LogP contribution in [0.5, 0.6) is 0 Å². The summed E-state index contributed by atoms with van der Waals surface area (Å²) < 4.78 is 40.2. The van der Waals surface area contributed by atoms with E-state index < -0.39 is 26.5 Å². The summed E-state index contributed by atoms with van der Waals surface area (Å²) in [5.41, 5.74) is 0.548. The predicted molar refractivity (Wildman–Crippen MR) is 88.9 cm³/mol. The summed E-state index contributed by atoms with van der Waals surface area (Å²) in [6.07, 6.45) is 3.02. The summed E-state index contributed by atoms with van der Waals surface area (Å²) in [7, 11) is -4.04. The van der Waals surface area contributed by atoms with Crippen LogP contribution in [-0.4, -0.2) is 13.3 Å². The molecule has 2 rings (SSSR count). The van der Waals surface area contributed by atoms with Crippen LogP contribution in [0.2, 0.25) is 0 Å². The topological polar surface area (TPSA) is 89.3 Å². The largest absolute Gasteiger partial charge is 0.306 e. The molecule has 0 aliphatic carbocycles. The summed E-state index contributed by atoms with van der Waals surface area (Å²) in [5, 5.41) is 10.7. The molecule has 0 fully saturated rings. The molecule has 0 unspecified atom stereocenters. The first-order chi connectivity index (χ1) is 11.3. The van der Waals surface area contributed by atoms with Crippen molar-refractivity contribution in [2.24, 2.45) is 0 Å². The van der Waals surface area contributed by atoms with Gasteiger partial charge in [0.05, 0.1) is 9.82 Å². The molecule has 0 aliphatic heterocycles. The summed E-state index contributed by atoms with van der Waals surface area (Å²) in [6, 6.07) is 9.34. The van der Waals surface area contributed by atoms with Crippen molar-refractivity contribution in [3.63, 3.8) is 0 Å². The quantitative estimate of drug-likeness (QED) is 0.605. The number of benzene rings is 2. The van der Waals surface area contributed by atoms with Gasteiger partial charge in [-0.1, -0.05) is 25.5 Å². The third-order valence-corrected chi connectivity index (χ3v) is 4.83. The molecule has 0 radical (unpaired) electrons. The van der Waals surface area contributed by atoms with Gasteiger partial charge in [0.1, 0.15) is 0 Å². The Labute approximate surface area is 139 Å². The van der Waals surface area contributed by atoms with Crippen LogP contribution >= 0.6 is 0 Å². The molecule has 0 aliphatic rings. The Hall–Kier alpha value is -2.48. The fourth-order valence-corrected chi connectivity index (χ4v) is 3.21. The van der Waals surface area contributed by atoms with Gasteiger partial charge in [0, 0.05) is 11.8 Å². The molecule has 8 heteroatoms. The molecule has 0 saturated carbocycles. The maximum Gasteiger partial charge on any atom is 0.306 e. The van der Waals surface area contributed by atoms with Crippen molar-refractivity contribution in [2.75, 3.05) is 4.72 Å². The molecule has 128 valence electrons. The summed E-state index contributed by atoms with van der Waals surface area (Å²) in [6.45, 7) is 2.09. The van der Waals surface area contributed by atoms with E-state index in [2.05, 4.69) is 11.6 Å². The maximum atomic E-state index is 13.3. The van der Waals surface area contributed by atoms with Crippen LogP contribution in [0.1, 0.15) is 25.3 Å². The smallest absolute Gasteiger partial charge is 0.280 e. The zero-order chi connectivity index (χ0) is 17.7. The van der Waals surface area contributed by atoms with E-state index in [0.717, 1.165) is 37.0 Å². The molecular formula is C16H17FN2O4S. The number of hydrogen-bond acceptors (Lipinski definition) is 4. The number of rotatable bonds is 7. The lowest BCUT2D eigenvalue weighted by atomic mass is 10.1. The molecule has 0 amide bonds. The molecule has 6 nitrogen and oxygen atoms in total. The Bertz CT molecular complexity index is 836. The number of nitrogens with zero attached hydrogens (tertiary/aromatic N) is 1. The lowest BCUT2D eigenvalue weighted by Gasteiger charge is -2.09. The highest BCUT2D eigenvalue weighted by molar-refractivity contribution is 7.92. The lowest BCUT2D eigenvalue weighted by molar-refractivity contribution is -0.387. The second kappa shape index (κ2) is 7.39. The zero-order valence-electron chi connectivity index (χ0n) is 13.0. The first kappa shape index (κ1) is 17.9. The molecule has 0 atom stereocenters. The van der Waals surface area contributed by atoms with Crippen molar-refractivity contribution < 1.29 is 17.7 Å². The van der Waals surface area contributed by atoms with Crippen LogP contribution in [0.3, 0.4) is 0 Å². The minimum atomic E-state index is -4.04. The first-order valence-electron chi connectivity index (χ1n) is 7.39. The highest BCUT2D eigenvalue weighted by Gasteiger charge is 2.21. The van der Waals surface area contributed by atoms with Gasteiger partial charge >= 0.3 is 5.69 Å². The number of sulfonamides is 1. The normalized spacial score (nSPS) is 11.2. The van der Waals surface area contributed by atoms with Gasteiger partial charge in [0.15, 0.2) is 0 Å². The summed E-state index contributed by atoms with van der Waals surface area (Å²) in [5.74, 6) is -1.08. The monoisotopic (exact) mass is 352 g/mol. The van der Waals surface area contributed by atoms with Crippen LogP contribution in [0.25, 0.3) is 0 Å². The predicted octanol–water partition coefficient (Wildman–Crippen LogP) is 3.88. The molecule has 2 aromatic rings. The Balaban J connectivity index is 2.22. The first-order valence-corrected chi connectivity index (χ1v) is 8.87. The number of anilines is 1. The van der Waals surface area contributed by atoms with Gasteiger partial charge in [0.25, 0.3) is 10.0 Å². The van der Waals surface area contributed by atoms with E-state index in [4.69, 9.17) is 0 Å². The number of halogens is 1. The molecule has 0 bridgehead atoms. The number of unbranched alkanes of at least 4 members (excludes halogenated alkanes) is 1. The number of hydrogen-bond donors (Lipinski definition) is 1. The van der Waals surface area contributed by atoms with Crippen LogP contribution in [0.15, 0.2) is 47.4 Å². The Morgan fingerprint density at radius 2 is 1.83 bits per heavy atom. The number of nitrogens with one attached hydrogen (secondary N) is 1. The van der Waals surface area contributed by atoms with E-state index in [1.807, 2.05) is 12.1 Å². The van der Waals surface area contributed by atoms with E-state index >= 15 is 0 Å². The fourth-order valence-electron chi connectivity index (χ4n) is 2.13. The van der Waals surface area contributed by atoms with Gasteiger partial charge in [0.2, 0.25) is 5.82 Å². The molecule has 1 N–H and O–H groups in total. The van der Waals surface area contributed by atoms with E-state index in [9.17, 15) is 22.9 Å². The third kappa shape index (κ3) is 4.29. The lowest BCUT2D eigenvalue weighted by Crippen LogP contribution is -2.13. The molecule has 0 aromatic heterocycles. The minimum Gasteiger partial charge on any atom is -0.280 e. The maximum absolute atomic E-state index is 13.3. The van der Waals surface area contributed by atoms with Crippen LogP contribution in [0, 0.1) is 15.9 Å². The Kier molecular flexibility index (Phi) is 5.50. The van der Waals surface area contributed by atoms with E-state index in [1.54, 1.807) is 12.1 Å². The van der Waals surface area contributed by atoms with Crippen molar-refractivity contribution in [3.8, 4) is 0 Å². The summed E-state index contributed by atoms with van der Waals surface area (Å²) >= 11 is 0. The van der Waals surface area contributed by atoms with Crippen molar-refractivity contribution in [2.45, 2.75) is 31.1 Å². The SMILES string of the molecule is CCCCc1ccc(NS(=O)(=O)c2ccc(F)c([N+](=O)[O-])c2)cc1. The highest BCUT2D eigenvalue weighted by atomic mass is 32.2. The molecule has 2 aromatic carbocycles. The second-order valence-electron chi connectivity index (χ2n) is 5.28. The van der Waals surface area contributed by atoms with Gasteiger partial charge < -0.3 is 0 Å². The van der Waals surface area contributed by atoms with Crippen LogP contribution in [-0.2, 0) is 16.4 Å². The third-order valence-electron chi connectivity index (χ3n) is 3.45. The van der Waals surface area contributed by atoms with Crippen molar-refractivity contribution >= 4 is 21.4 Å². The Morgan fingerprint density at radius 3 is 2.42 bits per heavy atom. The number of nitro groups is 1. The highest BCUT2D eigenvalue weighted by Crippen LogP contribution is 2.23. The van der Waals surface area contributed by atoms with Crippen molar-refractivity contribution in [1.29, 1.82) is 0 Å². The van der Waals surface area contributed by atoms with Gasteiger partial charge in [-0.25, -0.2) is 8.42 Å². The Morgan fingerprint density at radius 1 is 1.17 bits per heavy atom. The molecule has 24 heavy (non-hydrogen) atoms. The molecular weight excluding hydrogens is 335 g/mol. The van der Waals surface area contributed by atoms with Crippen LogP contribution in [0.4, 0.5) is 15.8 Å². The van der Waals surface area contributed by atoms with Gasteiger partial charge in [-0.15, -0.1) is 0 Å². The minimum absolute atomic E-state index is 0.335. The zero-order valence-corrected chi connectivity index (χ0v) is 13.8. The van der Waals surface area contributed by atoms with Crippen LogP contribution < -0.4 is 4.72 Å².